The summed E-state index contributed by atoms with van der Waals surface area (Å²) < 4.78 is 0. The largest absolute Gasteiger partial charge is 0.345 e. The van der Waals surface area contributed by atoms with Gasteiger partial charge in [-0.25, -0.2) is 9.98 Å². The maximum atomic E-state index is 11.9. The molecule has 1 atom stereocenters. The number of rotatable bonds is 6. The first-order valence-electron chi connectivity index (χ1n) is 8.07. The Morgan fingerprint density at radius 2 is 2.26 bits per heavy atom. The van der Waals surface area contributed by atoms with Gasteiger partial charge < -0.3 is 10.3 Å². The minimum absolute atomic E-state index is 0.0773. The quantitative estimate of drug-likeness (QED) is 0.611. The second kappa shape index (κ2) is 7.34. The van der Waals surface area contributed by atoms with E-state index in [9.17, 15) is 4.79 Å². The average molecular weight is 334 g/mol. The highest BCUT2D eigenvalue weighted by Gasteiger charge is 2.44. The number of carbonyl (C=O) groups excluding carboxylic acids is 1. The van der Waals surface area contributed by atoms with Crippen LogP contribution in [0.5, 0.6) is 0 Å². The van der Waals surface area contributed by atoms with Gasteiger partial charge in [-0.3, -0.25) is 4.79 Å². The molecular formula is C17H26N4OS. The van der Waals surface area contributed by atoms with Gasteiger partial charge in [0.2, 0.25) is 5.91 Å². The van der Waals surface area contributed by atoms with E-state index < -0.39 is 0 Å². The molecule has 1 unspecified atom stereocenters. The molecule has 1 saturated carbocycles. The lowest BCUT2D eigenvalue weighted by Crippen LogP contribution is -2.33. The fourth-order valence-corrected chi connectivity index (χ4v) is 2.98. The van der Waals surface area contributed by atoms with Crippen LogP contribution in [0.25, 0.3) is 0 Å². The molecular weight excluding hydrogens is 308 g/mol. The molecule has 1 amide bonds. The van der Waals surface area contributed by atoms with Crippen molar-refractivity contribution in [1.82, 2.24) is 15.3 Å². The molecule has 0 saturated heterocycles. The number of allylic oxidation sites excluding steroid dienone is 1. The van der Waals surface area contributed by atoms with E-state index in [2.05, 4.69) is 34.1 Å². The van der Waals surface area contributed by atoms with Crippen LogP contribution in [0.2, 0.25) is 0 Å². The van der Waals surface area contributed by atoms with Gasteiger partial charge in [-0.2, -0.15) is 0 Å². The van der Waals surface area contributed by atoms with Gasteiger partial charge in [-0.15, -0.1) is 11.8 Å². The number of aromatic amines is 1. The first kappa shape index (κ1) is 17.8. The lowest BCUT2D eigenvalue weighted by atomic mass is 10.1. The molecule has 5 nitrogen and oxygen atoms in total. The van der Waals surface area contributed by atoms with Crippen LogP contribution in [0.1, 0.15) is 64.2 Å². The SMILES string of the molecule is CCc1cnc(C(C)S/C(C)=C/N=C(C)NC(=O)C2(C)CC2)[nH]1. The maximum absolute atomic E-state index is 11.9. The molecule has 1 aromatic rings. The second-order valence-electron chi connectivity index (χ2n) is 6.38. The third-order valence-corrected chi connectivity index (χ3v) is 5.11. The smallest absolute Gasteiger partial charge is 0.231 e. The van der Waals surface area contributed by atoms with Crippen molar-refractivity contribution in [3.8, 4) is 0 Å². The number of aromatic nitrogens is 2. The first-order chi connectivity index (χ1) is 10.8. The van der Waals surface area contributed by atoms with E-state index in [4.69, 9.17) is 0 Å². The summed E-state index contributed by atoms with van der Waals surface area (Å²) >= 11 is 1.70. The predicted octanol–water partition coefficient (Wildman–Crippen LogP) is 3.96. The van der Waals surface area contributed by atoms with Crippen molar-refractivity contribution in [1.29, 1.82) is 0 Å². The Bertz CT molecular complexity index is 628. The van der Waals surface area contributed by atoms with Crippen molar-refractivity contribution in [3.05, 3.63) is 28.8 Å². The maximum Gasteiger partial charge on any atom is 0.231 e. The minimum Gasteiger partial charge on any atom is -0.345 e. The number of nitrogens with zero attached hydrogens (tertiary/aromatic N) is 2. The monoisotopic (exact) mass is 334 g/mol. The number of imidazole rings is 1. The van der Waals surface area contributed by atoms with Crippen molar-refractivity contribution in [2.24, 2.45) is 10.4 Å². The van der Waals surface area contributed by atoms with Gasteiger partial charge >= 0.3 is 0 Å². The number of hydrogen-bond donors (Lipinski definition) is 2. The summed E-state index contributed by atoms with van der Waals surface area (Å²) in [5, 5.41) is 3.11. The highest BCUT2D eigenvalue weighted by Crippen LogP contribution is 2.44. The topological polar surface area (TPSA) is 70.1 Å². The van der Waals surface area contributed by atoms with E-state index >= 15 is 0 Å². The van der Waals surface area contributed by atoms with Crippen molar-refractivity contribution in [2.45, 2.75) is 59.1 Å². The summed E-state index contributed by atoms with van der Waals surface area (Å²) in [5.41, 5.74) is 0.981. The summed E-state index contributed by atoms with van der Waals surface area (Å²) in [7, 11) is 0. The summed E-state index contributed by atoms with van der Waals surface area (Å²) in [6.07, 6.45) is 6.59. The summed E-state index contributed by atoms with van der Waals surface area (Å²) in [5.74, 6) is 1.70. The van der Waals surface area contributed by atoms with Gasteiger partial charge in [-0.1, -0.05) is 13.8 Å². The van der Waals surface area contributed by atoms with Crippen LogP contribution in [-0.4, -0.2) is 21.7 Å². The average Bonchev–Trinajstić information content (AvgIpc) is 3.08. The molecule has 1 heterocycles. The number of aliphatic imine (C=N–C) groups is 1. The van der Waals surface area contributed by atoms with Crippen molar-refractivity contribution < 1.29 is 4.79 Å². The van der Waals surface area contributed by atoms with E-state index in [1.165, 1.54) is 0 Å². The third-order valence-electron chi connectivity index (χ3n) is 4.06. The molecule has 1 aromatic heterocycles. The van der Waals surface area contributed by atoms with E-state index in [0.29, 0.717) is 5.84 Å². The summed E-state index contributed by atoms with van der Waals surface area (Å²) in [6.45, 7) is 10.1. The Kier molecular flexibility index (Phi) is 5.68. The number of amides is 1. The van der Waals surface area contributed by atoms with Crippen molar-refractivity contribution in [2.75, 3.05) is 0 Å². The highest BCUT2D eigenvalue weighted by molar-refractivity contribution is 8.03. The van der Waals surface area contributed by atoms with Gasteiger partial charge in [0.05, 0.1) is 5.25 Å². The number of H-pyrrole nitrogens is 1. The van der Waals surface area contributed by atoms with Crippen molar-refractivity contribution >= 4 is 23.5 Å². The molecule has 0 spiro atoms. The number of amidine groups is 1. The van der Waals surface area contributed by atoms with Crippen LogP contribution < -0.4 is 5.32 Å². The molecule has 0 radical (unpaired) electrons. The minimum atomic E-state index is -0.172. The van der Waals surface area contributed by atoms with Gasteiger partial charge in [0.15, 0.2) is 0 Å². The van der Waals surface area contributed by atoms with Gasteiger partial charge in [0.1, 0.15) is 11.7 Å². The van der Waals surface area contributed by atoms with Gasteiger partial charge in [-0.05, 0) is 40.0 Å². The summed E-state index contributed by atoms with van der Waals surface area (Å²) in [6, 6.07) is 0. The molecule has 0 aromatic carbocycles. The zero-order valence-electron chi connectivity index (χ0n) is 14.6. The molecule has 1 aliphatic carbocycles. The molecule has 1 aliphatic rings. The van der Waals surface area contributed by atoms with Crippen LogP contribution >= 0.6 is 11.8 Å². The normalized spacial score (nSPS) is 18.7. The highest BCUT2D eigenvalue weighted by atomic mass is 32.2. The lowest BCUT2D eigenvalue weighted by molar-refractivity contribution is -0.124. The Morgan fingerprint density at radius 1 is 1.57 bits per heavy atom. The molecule has 23 heavy (non-hydrogen) atoms. The Hall–Kier alpha value is -1.56. The van der Waals surface area contributed by atoms with E-state index in [0.717, 1.165) is 35.7 Å². The zero-order chi connectivity index (χ0) is 17.0. The fraction of sp³-hybridized carbons (Fsp3) is 0.588. The van der Waals surface area contributed by atoms with Crippen molar-refractivity contribution in [3.63, 3.8) is 0 Å². The third kappa shape index (κ3) is 4.96. The number of carbonyl (C=O) groups is 1. The second-order valence-corrected chi connectivity index (χ2v) is 7.96. The Labute approximate surface area is 142 Å². The molecule has 2 N–H and O–H groups in total. The zero-order valence-corrected chi connectivity index (χ0v) is 15.4. The fourth-order valence-electron chi connectivity index (χ4n) is 2.08. The molecule has 6 heteroatoms. The first-order valence-corrected chi connectivity index (χ1v) is 8.95. The van der Waals surface area contributed by atoms with E-state index in [1.54, 1.807) is 18.0 Å². The van der Waals surface area contributed by atoms with Crippen LogP contribution in [0.3, 0.4) is 0 Å². The van der Waals surface area contributed by atoms with Gasteiger partial charge in [0.25, 0.3) is 0 Å². The molecule has 1 fully saturated rings. The van der Waals surface area contributed by atoms with Crippen LogP contribution in [-0.2, 0) is 11.2 Å². The van der Waals surface area contributed by atoms with E-state index in [-0.39, 0.29) is 16.6 Å². The van der Waals surface area contributed by atoms with Crippen LogP contribution in [0.4, 0.5) is 0 Å². The number of thioether (sulfide) groups is 1. The number of aryl methyl sites for hydroxylation is 1. The predicted molar refractivity (Wildman–Crippen MR) is 96.3 cm³/mol. The molecule has 126 valence electrons. The molecule has 0 bridgehead atoms. The van der Waals surface area contributed by atoms with Crippen LogP contribution in [0, 0.1) is 5.41 Å². The summed E-state index contributed by atoms with van der Waals surface area (Å²) in [4.78, 5) is 25.1. The Morgan fingerprint density at radius 3 is 2.83 bits per heavy atom. The Balaban J connectivity index is 1.88. The lowest BCUT2D eigenvalue weighted by Gasteiger charge is -2.09. The number of nitrogens with one attached hydrogen (secondary N) is 2. The van der Waals surface area contributed by atoms with Gasteiger partial charge in [0, 0.05) is 28.4 Å². The molecule has 2 rings (SSSR count). The molecule has 0 aliphatic heterocycles. The van der Waals surface area contributed by atoms with E-state index in [1.807, 2.05) is 27.0 Å². The number of hydrogen-bond acceptors (Lipinski definition) is 4. The van der Waals surface area contributed by atoms with Crippen LogP contribution in [0.15, 0.2) is 22.3 Å². The standard InChI is InChI=1S/C17H26N4OS/c1-6-14-10-19-15(21-14)12(3)23-11(2)9-18-13(4)20-16(22)17(5)7-8-17/h9-10,12H,6-8H2,1-5H3,(H,19,21)(H,18,20,22)/b11-9+.